The number of hydrogen-bond acceptors (Lipinski definition) is 8. The average molecular weight is 632 g/mol. The molecule has 15 heteroatoms. The Morgan fingerprint density at radius 1 is 1.16 bits per heavy atom. The smallest absolute Gasteiger partial charge is 0.329 e. The number of nitrogens with zero attached hydrogens (tertiary/aromatic N) is 6. The fourth-order valence-corrected chi connectivity index (χ4v) is 6.74. The summed E-state index contributed by atoms with van der Waals surface area (Å²) in [6.07, 6.45) is 3.28. The van der Waals surface area contributed by atoms with Gasteiger partial charge in [0, 0.05) is 49.8 Å². The van der Waals surface area contributed by atoms with Crippen molar-refractivity contribution < 1.29 is 31.5 Å². The summed E-state index contributed by atoms with van der Waals surface area (Å²) in [7, 11) is -1.14. The van der Waals surface area contributed by atoms with Gasteiger partial charge >= 0.3 is 6.55 Å². The molecule has 1 aliphatic heterocycles. The maximum Gasteiger partial charge on any atom is 0.329 e. The number of alkyl halides is 2. The topological polar surface area (TPSA) is 137 Å². The minimum atomic E-state index is -4.28. The van der Waals surface area contributed by atoms with Gasteiger partial charge in [-0.1, -0.05) is 0 Å². The highest BCUT2D eigenvalue weighted by Gasteiger charge is 2.32. The molecule has 1 amide bonds. The number of carbonyl (C=O) groups is 1. The number of amides is 1. The van der Waals surface area contributed by atoms with Crippen molar-refractivity contribution in [2.24, 2.45) is 11.7 Å². The Kier molecular flexibility index (Phi) is 7.74. The molecule has 5 heterocycles. The van der Waals surface area contributed by atoms with Gasteiger partial charge in [-0.2, -0.15) is 13.1 Å². The maximum atomic E-state index is 13.8. The number of rotatable bonds is 9. The predicted octanol–water partition coefficient (Wildman–Crippen LogP) is 3.25. The molecule has 0 bridgehead atoms. The van der Waals surface area contributed by atoms with Crippen LogP contribution in [0, 0.1) is 12.8 Å². The Hall–Kier alpha value is -3.82. The van der Waals surface area contributed by atoms with Crippen LogP contribution < -0.4 is 14.8 Å². The van der Waals surface area contributed by atoms with E-state index < -0.39 is 16.6 Å². The number of aromatic nitrogens is 4. The van der Waals surface area contributed by atoms with E-state index in [0.29, 0.717) is 71.5 Å². The number of carbonyl (C=O) groups excluding carboxylic acids is 1. The average Bonchev–Trinajstić information content (AvgIpc) is 3.65. The quantitative estimate of drug-likeness (QED) is 0.278. The molecule has 4 aromatic heterocycles. The number of anilines is 1. The van der Waals surface area contributed by atoms with Gasteiger partial charge in [0.05, 0.1) is 30.9 Å². The van der Waals surface area contributed by atoms with Gasteiger partial charge < -0.3 is 24.7 Å². The number of fused-ring (bicyclic) bond motifs is 2. The second-order valence-corrected chi connectivity index (χ2v) is 13.4. The molecular formula is C29H35F2N7O5S. The van der Waals surface area contributed by atoms with Gasteiger partial charge in [-0.05, 0) is 56.4 Å². The highest BCUT2D eigenvalue weighted by Crippen LogP contribution is 2.38. The lowest BCUT2D eigenvalue weighted by atomic mass is 10.0. The minimum Gasteiger partial charge on any atom is -0.482 e. The number of imidazole rings is 1. The van der Waals surface area contributed by atoms with Crippen LogP contribution >= 0.6 is 0 Å². The molecule has 6 rings (SSSR count). The number of aryl methyl sites for hydroxylation is 1. The first-order valence-corrected chi connectivity index (χ1v) is 16.2. The summed E-state index contributed by atoms with van der Waals surface area (Å²) in [5.74, 6) is 0.249. The zero-order chi connectivity index (χ0) is 31.5. The molecule has 1 saturated heterocycles. The van der Waals surface area contributed by atoms with Crippen molar-refractivity contribution in [2.45, 2.75) is 51.4 Å². The second-order valence-electron chi connectivity index (χ2n) is 11.5. The molecule has 2 atom stereocenters. The first-order chi connectivity index (χ1) is 20.9. The standard InChI is InChI=1S/C29H35F2N7O5S/c1-16-26(33-24-12-19(13-25(43-3)37(16)24)28(39)35-10-9-22(42-2)20(32)15-35)21-11-18-7-8-23(38(29(30)31)44(4,40)41)34-27(18)36(21)14-17-5-6-17/h7-8,11-13,17,20,22,29H,5-6,9-10,14-15,32H2,1-4H3/t20-,22+/m0/s1. The van der Waals surface area contributed by atoms with Crippen molar-refractivity contribution in [2.75, 3.05) is 37.9 Å². The summed E-state index contributed by atoms with van der Waals surface area (Å²) in [5, 5.41) is 0.655. The molecule has 4 aromatic rings. The molecule has 12 nitrogen and oxygen atoms in total. The number of halogens is 2. The molecule has 236 valence electrons. The number of pyridine rings is 2. The monoisotopic (exact) mass is 631 g/mol. The Bertz CT molecular complexity index is 1850. The van der Waals surface area contributed by atoms with Crippen molar-refractivity contribution in [3.63, 3.8) is 0 Å². The summed E-state index contributed by atoms with van der Waals surface area (Å²) in [6.45, 7) is 0.0363. The molecule has 1 saturated carbocycles. The van der Waals surface area contributed by atoms with E-state index in [0.717, 1.165) is 24.8 Å². The number of piperidine rings is 1. The fourth-order valence-electron chi connectivity index (χ4n) is 6.01. The van der Waals surface area contributed by atoms with Gasteiger partial charge in [-0.25, -0.2) is 18.4 Å². The van der Waals surface area contributed by atoms with E-state index in [4.69, 9.17) is 20.2 Å². The normalized spacial score (nSPS) is 19.3. The predicted molar refractivity (Wildman–Crippen MR) is 161 cm³/mol. The summed E-state index contributed by atoms with van der Waals surface area (Å²) in [5.41, 5.74) is 9.57. The van der Waals surface area contributed by atoms with Crippen LogP contribution in [0.25, 0.3) is 28.1 Å². The van der Waals surface area contributed by atoms with Crippen LogP contribution in [0.4, 0.5) is 14.6 Å². The summed E-state index contributed by atoms with van der Waals surface area (Å²) >= 11 is 0. The number of methoxy groups -OCH3 is 2. The third-order valence-electron chi connectivity index (χ3n) is 8.43. The molecule has 2 aliphatic rings. The molecular weight excluding hydrogens is 596 g/mol. The van der Waals surface area contributed by atoms with Gasteiger partial charge in [0.2, 0.25) is 10.0 Å². The van der Waals surface area contributed by atoms with E-state index in [-0.39, 0.29) is 28.2 Å². The highest BCUT2D eigenvalue weighted by molar-refractivity contribution is 7.92. The number of hydrogen-bond donors (Lipinski definition) is 1. The largest absolute Gasteiger partial charge is 0.482 e. The van der Waals surface area contributed by atoms with Crippen LogP contribution in [0.1, 0.15) is 35.3 Å². The second kappa shape index (κ2) is 11.3. The zero-order valence-corrected chi connectivity index (χ0v) is 25.7. The lowest BCUT2D eigenvalue weighted by molar-refractivity contribution is 0.0227. The van der Waals surface area contributed by atoms with Crippen LogP contribution in [0.15, 0.2) is 30.3 Å². The highest BCUT2D eigenvalue weighted by atomic mass is 32.2. The van der Waals surface area contributed by atoms with Crippen LogP contribution in [-0.2, 0) is 21.3 Å². The van der Waals surface area contributed by atoms with E-state index in [9.17, 15) is 22.0 Å². The van der Waals surface area contributed by atoms with Crippen molar-refractivity contribution in [3.05, 3.63) is 41.6 Å². The third-order valence-corrected chi connectivity index (χ3v) is 9.49. The SMILES string of the molecule is COc1cc(C(=O)N2CC[C@@H](OC)[C@@H](N)C2)cc2nc(-c3cc4ccc(N(C(F)F)S(C)(=O)=O)nc4n3CC3CC3)c(C)n12. The first-order valence-electron chi connectivity index (χ1n) is 14.3. The van der Waals surface area contributed by atoms with E-state index >= 15 is 0 Å². The van der Waals surface area contributed by atoms with Gasteiger partial charge in [0.15, 0.2) is 5.88 Å². The van der Waals surface area contributed by atoms with Crippen LogP contribution in [-0.4, -0.2) is 90.4 Å². The number of likely N-dealkylation sites (tertiary alicyclic amines) is 1. The number of nitrogens with two attached hydrogens (primary N) is 1. The van der Waals surface area contributed by atoms with Crippen molar-refractivity contribution in [1.29, 1.82) is 0 Å². The first kappa shape index (κ1) is 30.2. The van der Waals surface area contributed by atoms with Crippen LogP contribution in [0.3, 0.4) is 0 Å². The van der Waals surface area contributed by atoms with E-state index in [2.05, 4.69) is 4.98 Å². The lowest BCUT2D eigenvalue weighted by Crippen LogP contribution is -2.53. The van der Waals surface area contributed by atoms with Crippen LogP contribution in [0.2, 0.25) is 0 Å². The summed E-state index contributed by atoms with van der Waals surface area (Å²) < 4.78 is 66.8. The van der Waals surface area contributed by atoms with Crippen LogP contribution in [0.5, 0.6) is 5.88 Å². The summed E-state index contributed by atoms with van der Waals surface area (Å²) in [4.78, 5) is 24.6. The molecule has 0 unspecified atom stereocenters. The Morgan fingerprint density at radius 2 is 1.91 bits per heavy atom. The van der Waals surface area contributed by atoms with Gasteiger partial charge in [0.25, 0.3) is 5.91 Å². The molecule has 0 aromatic carbocycles. The lowest BCUT2D eigenvalue weighted by Gasteiger charge is -2.36. The third kappa shape index (κ3) is 5.37. The number of ether oxygens (including phenoxy) is 2. The van der Waals surface area contributed by atoms with E-state index in [1.54, 1.807) is 30.2 Å². The van der Waals surface area contributed by atoms with Gasteiger partial charge in [0.1, 0.15) is 22.8 Å². The van der Waals surface area contributed by atoms with Crippen molar-refractivity contribution >= 4 is 38.4 Å². The Balaban J connectivity index is 1.45. The zero-order valence-electron chi connectivity index (χ0n) is 24.9. The Labute approximate surface area is 253 Å². The molecule has 44 heavy (non-hydrogen) atoms. The fraction of sp³-hybridized carbons (Fsp3) is 0.483. The van der Waals surface area contributed by atoms with E-state index in [1.807, 2.05) is 22.0 Å². The van der Waals surface area contributed by atoms with Gasteiger partial charge in [-0.3, -0.25) is 9.20 Å². The number of sulfonamides is 1. The molecule has 1 aliphatic carbocycles. The summed E-state index contributed by atoms with van der Waals surface area (Å²) in [6, 6.07) is 7.84. The molecule has 2 fully saturated rings. The minimum absolute atomic E-state index is 0.0186. The molecule has 0 spiro atoms. The Morgan fingerprint density at radius 3 is 2.52 bits per heavy atom. The van der Waals surface area contributed by atoms with Crippen molar-refractivity contribution in [1.82, 2.24) is 23.8 Å². The maximum absolute atomic E-state index is 13.8. The molecule has 0 radical (unpaired) electrons. The van der Waals surface area contributed by atoms with Crippen molar-refractivity contribution in [3.8, 4) is 17.3 Å². The molecule has 2 N–H and O–H groups in total. The van der Waals surface area contributed by atoms with E-state index in [1.165, 1.54) is 13.2 Å². The van der Waals surface area contributed by atoms with Gasteiger partial charge in [-0.15, -0.1) is 0 Å².